The van der Waals surface area contributed by atoms with Crippen LogP contribution in [0.2, 0.25) is 0 Å². The molecule has 2 fully saturated rings. The number of hydrogen-bond donors (Lipinski definition) is 0. The summed E-state index contributed by atoms with van der Waals surface area (Å²) in [7, 11) is 0. The molecule has 0 aromatic heterocycles. The normalized spacial score (nSPS) is 26.9. The van der Waals surface area contributed by atoms with E-state index in [1.165, 1.54) is 128 Å². The summed E-state index contributed by atoms with van der Waals surface area (Å²) < 4.78 is 0. The Bertz CT molecular complexity index is 3060. The van der Waals surface area contributed by atoms with Gasteiger partial charge in [0, 0.05) is 33.6 Å². The SMILES string of the molecule is CC1CCCC2(C)c3cc(-c4ccc5c(c4)C(c4ccccc4)(c4ccccc4)c4cc(-c6ccc7c(c6)C6(C)CCCC(C)C6(C)N7c6ccccc6)ccc4-5)ccc3N(c3ccccc3)C12C. The van der Waals surface area contributed by atoms with Gasteiger partial charge in [-0.3, -0.25) is 0 Å². The lowest BCUT2D eigenvalue weighted by Crippen LogP contribution is -2.59. The van der Waals surface area contributed by atoms with Crippen molar-refractivity contribution in [3.05, 3.63) is 228 Å². The number of rotatable bonds is 6. The molecule has 0 N–H and O–H groups in total. The van der Waals surface area contributed by atoms with Crippen LogP contribution in [0.25, 0.3) is 33.4 Å². The molecular formula is C67H64N2. The van der Waals surface area contributed by atoms with Crippen LogP contribution >= 0.6 is 0 Å². The van der Waals surface area contributed by atoms with Crippen LogP contribution in [0.15, 0.2) is 194 Å². The molecule has 2 saturated carbocycles. The van der Waals surface area contributed by atoms with E-state index in [2.05, 4.69) is 245 Å². The van der Waals surface area contributed by atoms with Gasteiger partial charge in [0.1, 0.15) is 0 Å². The van der Waals surface area contributed by atoms with Crippen LogP contribution in [0.4, 0.5) is 22.7 Å². The van der Waals surface area contributed by atoms with E-state index in [4.69, 9.17) is 0 Å². The van der Waals surface area contributed by atoms with Gasteiger partial charge in [-0.1, -0.05) is 174 Å². The Morgan fingerprint density at radius 3 is 1.09 bits per heavy atom. The molecule has 13 rings (SSSR count). The maximum atomic E-state index is 2.71. The van der Waals surface area contributed by atoms with Crippen LogP contribution in [0, 0.1) is 11.8 Å². The Kier molecular flexibility index (Phi) is 9.34. The van der Waals surface area contributed by atoms with Crippen molar-refractivity contribution in [3.63, 3.8) is 0 Å². The molecule has 2 heteroatoms. The van der Waals surface area contributed by atoms with Crippen molar-refractivity contribution in [2.45, 2.75) is 107 Å². The zero-order chi connectivity index (χ0) is 46.9. The molecule has 3 aliphatic carbocycles. The van der Waals surface area contributed by atoms with Crippen molar-refractivity contribution in [1.29, 1.82) is 0 Å². The minimum atomic E-state index is -0.534. The smallest absolute Gasteiger partial charge is 0.0713 e. The molecule has 0 saturated heterocycles. The first-order valence-electron chi connectivity index (χ1n) is 25.9. The highest BCUT2D eigenvalue weighted by molar-refractivity contribution is 5.91. The van der Waals surface area contributed by atoms with E-state index in [0.29, 0.717) is 11.8 Å². The Morgan fingerprint density at radius 2 is 0.710 bits per heavy atom. The van der Waals surface area contributed by atoms with Gasteiger partial charge < -0.3 is 9.80 Å². The summed E-state index contributed by atoms with van der Waals surface area (Å²) in [5, 5.41) is 0. The van der Waals surface area contributed by atoms with Crippen molar-refractivity contribution >= 4 is 22.7 Å². The minimum absolute atomic E-state index is 0.00964. The van der Waals surface area contributed by atoms with Crippen LogP contribution in [0.1, 0.15) is 113 Å². The summed E-state index contributed by atoms with van der Waals surface area (Å²) in [5.74, 6) is 1.10. The first kappa shape index (κ1) is 42.5. The number of hydrogen-bond acceptors (Lipinski definition) is 2. The van der Waals surface area contributed by atoms with Gasteiger partial charge >= 0.3 is 0 Å². The molecule has 342 valence electrons. The maximum absolute atomic E-state index is 2.71. The van der Waals surface area contributed by atoms with Crippen molar-refractivity contribution in [1.82, 2.24) is 0 Å². The first-order chi connectivity index (χ1) is 33.5. The molecule has 0 radical (unpaired) electrons. The summed E-state index contributed by atoms with van der Waals surface area (Å²) in [6.45, 7) is 15.2. The van der Waals surface area contributed by atoms with Crippen molar-refractivity contribution < 1.29 is 0 Å². The molecule has 8 aromatic rings. The van der Waals surface area contributed by atoms with Gasteiger partial charge in [0.25, 0.3) is 0 Å². The van der Waals surface area contributed by atoms with E-state index >= 15 is 0 Å². The Labute approximate surface area is 410 Å². The molecule has 69 heavy (non-hydrogen) atoms. The van der Waals surface area contributed by atoms with Gasteiger partial charge in [-0.25, -0.2) is 0 Å². The molecule has 8 aromatic carbocycles. The van der Waals surface area contributed by atoms with E-state index in [1.54, 1.807) is 0 Å². The molecule has 6 atom stereocenters. The highest BCUT2D eigenvalue weighted by Crippen LogP contribution is 2.65. The van der Waals surface area contributed by atoms with Crippen LogP contribution in [-0.4, -0.2) is 11.1 Å². The van der Waals surface area contributed by atoms with Gasteiger partial charge in [-0.2, -0.15) is 0 Å². The lowest BCUT2D eigenvalue weighted by atomic mass is 9.57. The van der Waals surface area contributed by atoms with Crippen molar-refractivity contribution in [3.8, 4) is 33.4 Å². The summed E-state index contributed by atoms with van der Waals surface area (Å²) in [4.78, 5) is 5.41. The van der Waals surface area contributed by atoms with Gasteiger partial charge in [0.2, 0.25) is 0 Å². The fourth-order valence-corrected chi connectivity index (χ4v) is 15.5. The molecule has 2 nitrogen and oxygen atoms in total. The molecule has 2 aliphatic heterocycles. The Hall–Kier alpha value is -6.64. The number of benzene rings is 8. The second-order valence-corrected chi connectivity index (χ2v) is 22.4. The average Bonchev–Trinajstić information content (AvgIpc) is 3.89. The molecule has 0 spiro atoms. The zero-order valence-electron chi connectivity index (χ0n) is 41.3. The maximum Gasteiger partial charge on any atom is 0.0713 e. The monoisotopic (exact) mass is 897 g/mol. The van der Waals surface area contributed by atoms with Crippen molar-refractivity contribution in [2.75, 3.05) is 9.80 Å². The number of nitrogens with zero attached hydrogens (tertiary/aromatic N) is 2. The predicted octanol–water partition coefficient (Wildman–Crippen LogP) is 17.4. The third kappa shape index (κ3) is 5.55. The van der Waals surface area contributed by atoms with E-state index in [0.717, 1.165) is 0 Å². The largest absolute Gasteiger partial charge is 0.334 e. The fourth-order valence-electron chi connectivity index (χ4n) is 15.5. The molecule has 0 bridgehead atoms. The third-order valence-electron chi connectivity index (χ3n) is 19.6. The number of fused-ring (bicyclic) bond motifs is 9. The van der Waals surface area contributed by atoms with Crippen LogP contribution < -0.4 is 9.80 Å². The topological polar surface area (TPSA) is 6.48 Å². The minimum Gasteiger partial charge on any atom is -0.334 e. The standard InChI is InChI=1S/C67H64N2/c1-45-21-19-39-63(3)59-43-49(33-37-61(59)68(65(45,63)5)53-27-15-9-16-28-53)47-31-35-55-56-36-32-48(42-58(56)67(57(55)41-47,51-23-11-7-12-24-51)52-25-13-8-14-26-52)50-34-38-62-60(44-50)64(4)40-20-22-46(2)66(64,6)69(62)54-29-17-10-18-30-54/h7-18,23-38,41-46H,19-22,39-40H2,1-6H3. The lowest BCUT2D eigenvalue weighted by molar-refractivity contribution is 0.130. The fraction of sp³-hybridized carbons (Fsp3) is 0.284. The van der Waals surface area contributed by atoms with Crippen molar-refractivity contribution in [2.24, 2.45) is 11.8 Å². The first-order valence-corrected chi connectivity index (χ1v) is 25.9. The van der Waals surface area contributed by atoms with E-state index in [-0.39, 0.29) is 21.9 Å². The number of anilines is 4. The summed E-state index contributed by atoms with van der Waals surface area (Å²) in [6.07, 6.45) is 7.39. The number of para-hydroxylation sites is 2. The molecule has 0 amide bonds. The molecule has 6 unspecified atom stereocenters. The van der Waals surface area contributed by atoms with E-state index < -0.39 is 5.41 Å². The van der Waals surface area contributed by atoms with Crippen LogP contribution in [-0.2, 0) is 16.2 Å². The molecule has 5 aliphatic rings. The summed E-state index contributed by atoms with van der Waals surface area (Å²) >= 11 is 0. The van der Waals surface area contributed by atoms with E-state index in [1.807, 2.05) is 0 Å². The predicted molar refractivity (Wildman–Crippen MR) is 289 cm³/mol. The van der Waals surface area contributed by atoms with Crippen LogP contribution in [0.3, 0.4) is 0 Å². The van der Waals surface area contributed by atoms with Gasteiger partial charge in [0.15, 0.2) is 0 Å². The summed E-state index contributed by atoms with van der Waals surface area (Å²) in [5.41, 5.74) is 20.8. The average molecular weight is 897 g/mol. The van der Waals surface area contributed by atoms with Gasteiger partial charge in [0.05, 0.1) is 16.5 Å². The van der Waals surface area contributed by atoms with E-state index in [9.17, 15) is 0 Å². The summed E-state index contributed by atoms with van der Waals surface area (Å²) in [6, 6.07) is 74.7. The van der Waals surface area contributed by atoms with Gasteiger partial charge in [-0.05, 0) is 179 Å². The van der Waals surface area contributed by atoms with Crippen LogP contribution in [0.5, 0.6) is 0 Å². The third-order valence-corrected chi connectivity index (χ3v) is 19.6. The van der Waals surface area contributed by atoms with Gasteiger partial charge in [-0.15, -0.1) is 0 Å². The second kappa shape index (κ2) is 15.2. The molecular weight excluding hydrogens is 833 g/mol. The second-order valence-electron chi connectivity index (χ2n) is 22.4. The quantitative estimate of drug-likeness (QED) is 0.164. The zero-order valence-corrected chi connectivity index (χ0v) is 41.3. The Balaban J connectivity index is 0.986. The highest BCUT2D eigenvalue weighted by Gasteiger charge is 2.62. The Morgan fingerprint density at radius 1 is 0.377 bits per heavy atom. The lowest BCUT2D eigenvalue weighted by Gasteiger charge is -2.54. The molecule has 2 heterocycles. The highest BCUT2D eigenvalue weighted by atomic mass is 15.3.